The number of carbonyl (C=O) groups excluding carboxylic acids is 1. The summed E-state index contributed by atoms with van der Waals surface area (Å²) in [5.41, 5.74) is 1.27. The van der Waals surface area contributed by atoms with E-state index in [9.17, 15) is 4.79 Å². The van der Waals surface area contributed by atoms with Crippen LogP contribution in [-0.2, 0) is 0 Å². The molecule has 3 rings (SSSR count). The third kappa shape index (κ3) is 4.20. The van der Waals surface area contributed by atoms with Crippen molar-refractivity contribution in [2.75, 3.05) is 18.4 Å². The standard InChI is InChI=1S/C17H19ClN4O/c18-13-5-7-14(8-6-13)21-16-12-19-15(11-20-16)17(23)22-9-3-1-2-4-10-22/h5-8,11-12H,1-4,9-10H2,(H,20,21). The second-order valence-electron chi connectivity index (χ2n) is 5.63. The Labute approximate surface area is 140 Å². The number of aromatic nitrogens is 2. The number of halogens is 1. The quantitative estimate of drug-likeness (QED) is 0.927. The van der Waals surface area contributed by atoms with Crippen LogP contribution in [0.1, 0.15) is 36.2 Å². The Morgan fingerprint density at radius 3 is 2.30 bits per heavy atom. The van der Waals surface area contributed by atoms with Crippen molar-refractivity contribution in [2.24, 2.45) is 0 Å². The van der Waals surface area contributed by atoms with Gasteiger partial charge in [-0.2, -0.15) is 0 Å². The predicted octanol–water partition coefficient (Wildman–Crippen LogP) is 3.89. The number of nitrogens with zero attached hydrogens (tertiary/aromatic N) is 3. The van der Waals surface area contributed by atoms with E-state index < -0.39 is 0 Å². The Hall–Kier alpha value is -2.14. The third-order valence-corrected chi connectivity index (χ3v) is 4.13. The fraction of sp³-hybridized carbons (Fsp3) is 0.353. The minimum Gasteiger partial charge on any atom is -0.339 e. The lowest BCUT2D eigenvalue weighted by molar-refractivity contribution is 0.0755. The lowest BCUT2D eigenvalue weighted by Gasteiger charge is -2.19. The highest BCUT2D eigenvalue weighted by atomic mass is 35.5. The van der Waals surface area contributed by atoms with E-state index in [0.29, 0.717) is 16.5 Å². The summed E-state index contributed by atoms with van der Waals surface area (Å²) in [5, 5.41) is 3.81. The highest BCUT2D eigenvalue weighted by Gasteiger charge is 2.18. The maximum atomic E-state index is 12.4. The van der Waals surface area contributed by atoms with Gasteiger partial charge in [-0.25, -0.2) is 9.97 Å². The molecule has 0 spiro atoms. The summed E-state index contributed by atoms with van der Waals surface area (Å²) in [7, 11) is 0. The van der Waals surface area contributed by atoms with Crippen LogP contribution in [0, 0.1) is 0 Å². The number of amides is 1. The Bertz CT molecular complexity index is 649. The normalized spacial score (nSPS) is 15.1. The fourth-order valence-electron chi connectivity index (χ4n) is 2.62. The fourth-order valence-corrected chi connectivity index (χ4v) is 2.75. The Morgan fingerprint density at radius 2 is 1.70 bits per heavy atom. The zero-order valence-corrected chi connectivity index (χ0v) is 13.6. The minimum absolute atomic E-state index is 0.0301. The molecule has 0 unspecified atom stereocenters. The van der Waals surface area contributed by atoms with Crippen LogP contribution in [0.5, 0.6) is 0 Å². The molecule has 0 bridgehead atoms. The number of benzene rings is 1. The van der Waals surface area contributed by atoms with Gasteiger partial charge in [0.1, 0.15) is 11.5 Å². The predicted molar refractivity (Wildman–Crippen MR) is 91.1 cm³/mol. The Morgan fingerprint density at radius 1 is 1.00 bits per heavy atom. The topological polar surface area (TPSA) is 58.1 Å². The van der Waals surface area contributed by atoms with Crippen molar-refractivity contribution in [3.63, 3.8) is 0 Å². The van der Waals surface area contributed by atoms with Gasteiger partial charge in [0.05, 0.1) is 12.4 Å². The molecule has 120 valence electrons. The molecule has 1 aromatic carbocycles. The lowest BCUT2D eigenvalue weighted by Crippen LogP contribution is -2.32. The summed E-state index contributed by atoms with van der Waals surface area (Å²) in [6, 6.07) is 7.32. The monoisotopic (exact) mass is 330 g/mol. The summed E-state index contributed by atoms with van der Waals surface area (Å²) in [5.74, 6) is 0.567. The van der Waals surface area contributed by atoms with Gasteiger partial charge in [-0.1, -0.05) is 24.4 Å². The number of hydrogen-bond donors (Lipinski definition) is 1. The molecular formula is C17H19ClN4O. The first-order chi connectivity index (χ1) is 11.2. The van der Waals surface area contributed by atoms with Crippen molar-refractivity contribution in [2.45, 2.75) is 25.7 Å². The van der Waals surface area contributed by atoms with Gasteiger partial charge >= 0.3 is 0 Å². The summed E-state index contributed by atoms with van der Waals surface area (Å²) in [4.78, 5) is 22.9. The van der Waals surface area contributed by atoms with Gasteiger partial charge in [0, 0.05) is 23.8 Å². The zero-order valence-electron chi connectivity index (χ0n) is 12.8. The highest BCUT2D eigenvalue weighted by molar-refractivity contribution is 6.30. The van der Waals surface area contributed by atoms with Gasteiger partial charge in [-0.05, 0) is 37.1 Å². The van der Waals surface area contributed by atoms with E-state index in [4.69, 9.17) is 11.6 Å². The first-order valence-electron chi connectivity index (χ1n) is 7.86. The molecule has 0 aliphatic carbocycles. The minimum atomic E-state index is -0.0301. The van der Waals surface area contributed by atoms with E-state index in [1.807, 2.05) is 17.0 Å². The van der Waals surface area contributed by atoms with Gasteiger partial charge in [0.25, 0.3) is 5.91 Å². The summed E-state index contributed by atoms with van der Waals surface area (Å²) in [6.45, 7) is 1.62. The van der Waals surface area contributed by atoms with Crippen LogP contribution < -0.4 is 5.32 Å². The molecule has 2 aromatic rings. The van der Waals surface area contributed by atoms with Crippen LogP contribution in [0.25, 0.3) is 0 Å². The maximum absolute atomic E-state index is 12.4. The second kappa shape index (κ2) is 7.42. The molecule has 1 fully saturated rings. The molecule has 0 radical (unpaired) electrons. The molecular weight excluding hydrogens is 312 g/mol. The molecule has 1 saturated heterocycles. The van der Waals surface area contributed by atoms with Crippen molar-refractivity contribution < 1.29 is 4.79 Å². The largest absolute Gasteiger partial charge is 0.339 e. The molecule has 1 aromatic heterocycles. The van der Waals surface area contributed by atoms with Crippen molar-refractivity contribution >= 4 is 29.0 Å². The molecule has 1 aliphatic heterocycles. The lowest BCUT2D eigenvalue weighted by atomic mass is 10.2. The van der Waals surface area contributed by atoms with Gasteiger partial charge in [-0.15, -0.1) is 0 Å². The molecule has 2 heterocycles. The van der Waals surface area contributed by atoms with E-state index in [-0.39, 0.29) is 5.91 Å². The molecule has 1 aliphatic rings. The van der Waals surface area contributed by atoms with Crippen LogP contribution in [0.2, 0.25) is 5.02 Å². The Balaban J connectivity index is 1.66. The summed E-state index contributed by atoms with van der Waals surface area (Å²) >= 11 is 5.86. The molecule has 23 heavy (non-hydrogen) atoms. The maximum Gasteiger partial charge on any atom is 0.274 e. The van der Waals surface area contributed by atoms with E-state index in [1.165, 1.54) is 19.0 Å². The van der Waals surface area contributed by atoms with Crippen molar-refractivity contribution in [1.29, 1.82) is 0 Å². The number of hydrogen-bond acceptors (Lipinski definition) is 4. The van der Waals surface area contributed by atoms with Crippen LogP contribution in [0.4, 0.5) is 11.5 Å². The molecule has 5 nitrogen and oxygen atoms in total. The number of rotatable bonds is 3. The van der Waals surface area contributed by atoms with Crippen LogP contribution in [-0.4, -0.2) is 33.9 Å². The van der Waals surface area contributed by atoms with Gasteiger partial charge in [0.15, 0.2) is 0 Å². The average molecular weight is 331 g/mol. The van der Waals surface area contributed by atoms with E-state index in [2.05, 4.69) is 15.3 Å². The zero-order chi connectivity index (χ0) is 16.1. The molecule has 1 N–H and O–H groups in total. The first-order valence-corrected chi connectivity index (χ1v) is 8.24. The van der Waals surface area contributed by atoms with Crippen molar-refractivity contribution in [3.05, 3.63) is 47.4 Å². The van der Waals surface area contributed by atoms with Crippen LogP contribution in [0.3, 0.4) is 0 Å². The number of carbonyl (C=O) groups is 1. The van der Waals surface area contributed by atoms with Crippen molar-refractivity contribution in [1.82, 2.24) is 14.9 Å². The summed E-state index contributed by atoms with van der Waals surface area (Å²) in [6.07, 6.45) is 7.63. The smallest absolute Gasteiger partial charge is 0.274 e. The van der Waals surface area contributed by atoms with E-state index in [0.717, 1.165) is 31.6 Å². The van der Waals surface area contributed by atoms with Crippen LogP contribution in [0.15, 0.2) is 36.7 Å². The molecule has 0 saturated carbocycles. The van der Waals surface area contributed by atoms with Gasteiger partial charge in [0.2, 0.25) is 0 Å². The average Bonchev–Trinajstić information content (AvgIpc) is 2.86. The first kappa shape index (κ1) is 15.7. The van der Waals surface area contributed by atoms with Gasteiger partial charge in [-0.3, -0.25) is 4.79 Å². The third-order valence-electron chi connectivity index (χ3n) is 3.88. The van der Waals surface area contributed by atoms with Crippen molar-refractivity contribution in [3.8, 4) is 0 Å². The van der Waals surface area contributed by atoms with E-state index >= 15 is 0 Å². The van der Waals surface area contributed by atoms with Gasteiger partial charge < -0.3 is 10.2 Å². The SMILES string of the molecule is O=C(c1cnc(Nc2ccc(Cl)cc2)cn1)N1CCCCCC1. The number of likely N-dealkylation sites (tertiary alicyclic amines) is 1. The number of nitrogens with one attached hydrogen (secondary N) is 1. The molecule has 1 amide bonds. The number of anilines is 2. The second-order valence-corrected chi connectivity index (χ2v) is 6.06. The summed E-state index contributed by atoms with van der Waals surface area (Å²) < 4.78 is 0. The Kier molecular flexibility index (Phi) is 5.08. The highest BCUT2D eigenvalue weighted by Crippen LogP contribution is 2.17. The van der Waals surface area contributed by atoms with E-state index in [1.54, 1.807) is 18.3 Å². The molecule has 0 atom stereocenters. The molecule has 6 heteroatoms. The van der Waals surface area contributed by atoms with Crippen LogP contribution >= 0.6 is 11.6 Å².